The van der Waals surface area contributed by atoms with Gasteiger partial charge in [-0.15, -0.1) is 22.9 Å². The second-order valence-corrected chi connectivity index (χ2v) is 6.57. The van der Waals surface area contributed by atoms with Crippen LogP contribution in [0.3, 0.4) is 0 Å². The number of nitrogens with zero attached hydrogens (tertiary/aromatic N) is 2. The lowest BCUT2D eigenvalue weighted by Crippen LogP contribution is -2.42. The first kappa shape index (κ1) is 13.1. The molecule has 3 rings (SSSR count). The lowest BCUT2D eigenvalue weighted by atomic mass is 9.83. The molecule has 1 saturated carbocycles. The van der Waals surface area contributed by atoms with E-state index in [9.17, 15) is 0 Å². The van der Waals surface area contributed by atoms with Gasteiger partial charge < -0.3 is 5.32 Å². The van der Waals surface area contributed by atoms with Crippen LogP contribution in [0.4, 0.5) is 5.82 Å². The Morgan fingerprint density at radius 2 is 2.11 bits per heavy atom. The molecule has 2 heterocycles. The number of alkyl halides is 1. The molecule has 0 aliphatic heterocycles. The van der Waals surface area contributed by atoms with Gasteiger partial charge in [0.15, 0.2) is 0 Å². The molecule has 1 N–H and O–H groups in total. The summed E-state index contributed by atoms with van der Waals surface area (Å²) in [7, 11) is 0. The Labute approximate surface area is 122 Å². The van der Waals surface area contributed by atoms with Crippen LogP contribution in [0.15, 0.2) is 11.7 Å². The molecule has 0 saturated heterocycles. The molecule has 102 valence electrons. The molecular formula is C14H18ClN3S. The maximum absolute atomic E-state index is 6.24. The Morgan fingerprint density at radius 3 is 2.84 bits per heavy atom. The van der Waals surface area contributed by atoms with E-state index in [1.54, 1.807) is 17.7 Å². The van der Waals surface area contributed by atoms with Crippen LogP contribution in [0, 0.1) is 6.92 Å². The number of fused-ring (bicyclic) bond motifs is 1. The minimum absolute atomic E-state index is 0.0129. The third-order valence-corrected chi connectivity index (χ3v) is 5.59. The van der Waals surface area contributed by atoms with E-state index in [1.807, 2.05) is 0 Å². The lowest BCUT2D eigenvalue weighted by Gasteiger charge is -2.37. The topological polar surface area (TPSA) is 37.8 Å². The molecule has 19 heavy (non-hydrogen) atoms. The zero-order chi connectivity index (χ0) is 13.3. The molecule has 0 unspecified atom stereocenters. The molecule has 2 aromatic heterocycles. The van der Waals surface area contributed by atoms with Crippen molar-refractivity contribution >= 4 is 39.0 Å². The summed E-state index contributed by atoms with van der Waals surface area (Å²) >= 11 is 7.95. The van der Waals surface area contributed by atoms with Crippen LogP contribution in [0.25, 0.3) is 10.2 Å². The summed E-state index contributed by atoms with van der Waals surface area (Å²) in [5.41, 5.74) is 2.29. The van der Waals surface area contributed by atoms with Crippen LogP contribution < -0.4 is 5.32 Å². The Balaban J connectivity index is 1.95. The normalized spacial score (nSPS) is 18.6. The molecule has 1 aliphatic carbocycles. The molecule has 2 aromatic rings. The van der Waals surface area contributed by atoms with E-state index in [0.717, 1.165) is 28.9 Å². The number of nitrogens with one attached hydrogen (secondary N) is 1. The van der Waals surface area contributed by atoms with E-state index < -0.39 is 0 Å². The fraction of sp³-hybridized carbons (Fsp3) is 0.571. The van der Waals surface area contributed by atoms with Crippen LogP contribution in [-0.4, -0.2) is 21.4 Å². The summed E-state index contributed by atoms with van der Waals surface area (Å²) in [6.07, 6.45) is 7.72. The number of rotatable bonds is 3. The molecule has 0 bridgehead atoms. The predicted molar refractivity (Wildman–Crippen MR) is 82.3 cm³/mol. The van der Waals surface area contributed by atoms with Gasteiger partial charge in [-0.05, 0) is 30.7 Å². The van der Waals surface area contributed by atoms with Gasteiger partial charge in [0.1, 0.15) is 12.1 Å². The van der Waals surface area contributed by atoms with Crippen molar-refractivity contribution < 1.29 is 0 Å². The van der Waals surface area contributed by atoms with E-state index in [-0.39, 0.29) is 5.54 Å². The summed E-state index contributed by atoms with van der Waals surface area (Å²) in [5, 5.41) is 5.77. The van der Waals surface area contributed by atoms with Crippen molar-refractivity contribution in [3.05, 3.63) is 17.3 Å². The largest absolute Gasteiger partial charge is 0.362 e. The summed E-state index contributed by atoms with van der Waals surface area (Å²) < 4.78 is 1.15. The van der Waals surface area contributed by atoms with Gasteiger partial charge in [0.05, 0.1) is 15.8 Å². The Bertz CT molecular complexity index is 575. The fourth-order valence-corrected chi connectivity index (χ4v) is 4.11. The van der Waals surface area contributed by atoms with Crippen molar-refractivity contribution in [3.63, 3.8) is 0 Å². The molecule has 1 fully saturated rings. The number of aryl methyl sites for hydroxylation is 1. The lowest BCUT2D eigenvalue weighted by molar-refractivity contribution is 0.353. The van der Waals surface area contributed by atoms with Crippen LogP contribution in [0.2, 0.25) is 0 Å². The second-order valence-electron chi connectivity index (χ2n) is 5.42. The quantitative estimate of drug-likeness (QED) is 0.855. The van der Waals surface area contributed by atoms with Crippen molar-refractivity contribution in [2.45, 2.75) is 44.6 Å². The summed E-state index contributed by atoms with van der Waals surface area (Å²) in [4.78, 5) is 8.81. The first-order chi connectivity index (χ1) is 9.24. The van der Waals surface area contributed by atoms with Gasteiger partial charge in [0.25, 0.3) is 0 Å². The van der Waals surface area contributed by atoms with Crippen LogP contribution in [0.1, 0.15) is 37.7 Å². The minimum atomic E-state index is 0.0129. The standard InChI is InChI=1S/C14H18ClN3S/c1-10-7-19-12-11(10)16-9-17-13(12)18-14(8-15)5-3-2-4-6-14/h7,9H,2-6,8H2,1H3,(H,16,17,18). The average molecular weight is 296 g/mol. The zero-order valence-corrected chi connectivity index (χ0v) is 12.7. The first-order valence-electron chi connectivity index (χ1n) is 6.77. The molecule has 0 spiro atoms. The van der Waals surface area contributed by atoms with E-state index in [1.165, 1.54) is 24.8 Å². The Hall–Kier alpha value is -0.870. The first-order valence-corrected chi connectivity index (χ1v) is 8.18. The van der Waals surface area contributed by atoms with Gasteiger partial charge in [-0.1, -0.05) is 19.3 Å². The highest BCUT2D eigenvalue weighted by Crippen LogP contribution is 2.35. The Morgan fingerprint density at radius 1 is 1.32 bits per heavy atom. The van der Waals surface area contributed by atoms with Gasteiger partial charge in [-0.3, -0.25) is 0 Å². The van der Waals surface area contributed by atoms with Gasteiger partial charge >= 0.3 is 0 Å². The van der Waals surface area contributed by atoms with Crippen molar-refractivity contribution in [3.8, 4) is 0 Å². The SMILES string of the molecule is Cc1csc2c(NC3(CCl)CCCCC3)ncnc12. The van der Waals surface area contributed by atoms with E-state index in [4.69, 9.17) is 11.6 Å². The highest BCUT2D eigenvalue weighted by Gasteiger charge is 2.32. The third kappa shape index (κ3) is 2.43. The molecule has 3 nitrogen and oxygen atoms in total. The van der Waals surface area contributed by atoms with Crippen LogP contribution >= 0.6 is 22.9 Å². The number of anilines is 1. The number of aromatic nitrogens is 2. The number of hydrogen-bond donors (Lipinski definition) is 1. The monoisotopic (exact) mass is 295 g/mol. The smallest absolute Gasteiger partial charge is 0.147 e. The van der Waals surface area contributed by atoms with Gasteiger partial charge in [-0.25, -0.2) is 9.97 Å². The number of hydrogen-bond acceptors (Lipinski definition) is 4. The molecule has 0 radical (unpaired) electrons. The summed E-state index contributed by atoms with van der Waals surface area (Å²) in [6.45, 7) is 2.09. The van der Waals surface area contributed by atoms with Crippen molar-refractivity contribution in [1.82, 2.24) is 9.97 Å². The third-order valence-electron chi connectivity index (χ3n) is 3.98. The average Bonchev–Trinajstić information content (AvgIpc) is 2.83. The maximum Gasteiger partial charge on any atom is 0.147 e. The Kier molecular flexibility index (Phi) is 3.63. The highest BCUT2D eigenvalue weighted by molar-refractivity contribution is 7.18. The summed E-state index contributed by atoms with van der Waals surface area (Å²) in [6, 6.07) is 0. The van der Waals surface area contributed by atoms with E-state index >= 15 is 0 Å². The van der Waals surface area contributed by atoms with Gasteiger partial charge in [-0.2, -0.15) is 0 Å². The predicted octanol–water partition coefficient (Wildman–Crippen LogP) is 4.35. The summed E-state index contributed by atoms with van der Waals surface area (Å²) in [5.74, 6) is 1.59. The maximum atomic E-state index is 6.24. The van der Waals surface area contributed by atoms with Crippen molar-refractivity contribution in [1.29, 1.82) is 0 Å². The molecule has 0 atom stereocenters. The molecule has 5 heteroatoms. The van der Waals surface area contributed by atoms with Crippen LogP contribution in [-0.2, 0) is 0 Å². The number of halogens is 1. The molecule has 0 amide bonds. The fourth-order valence-electron chi connectivity index (χ4n) is 2.83. The van der Waals surface area contributed by atoms with Crippen molar-refractivity contribution in [2.75, 3.05) is 11.2 Å². The van der Waals surface area contributed by atoms with Gasteiger partial charge in [0.2, 0.25) is 0 Å². The minimum Gasteiger partial charge on any atom is -0.362 e. The van der Waals surface area contributed by atoms with E-state index in [0.29, 0.717) is 5.88 Å². The highest BCUT2D eigenvalue weighted by atomic mass is 35.5. The van der Waals surface area contributed by atoms with Gasteiger partial charge in [0, 0.05) is 5.88 Å². The molecule has 0 aromatic carbocycles. The van der Waals surface area contributed by atoms with Crippen LogP contribution in [0.5, 0.6) is 0 Å². The number of thiophene rings is 1. The van der Waals surface area contributed by atoms with Crippen molar-refractivity contribution in [2.24, 2.45) is 0 Å². The zero-order valence-electron chi connectivity index (χ0n) is 11.1. The second kappa shape index (κ2) is 5.25. The van der Waals surface area contributed by atoms with E-state index in [2.05, 4.69) is 27.6 Å². The molecule has 1 aliphatic rings. The molecular weight excluding hydrogens is 278 g/mol.